The summed E-state index contributed by atoms with van der Waals surface area (Å²) in [6, 6.07) is 0. The van der Waals surface area contributed by atoms with E-state index in [1.165, 1.54) is 0 Å². The lowest BCUT2D eigenvalue weighted by Gasteiger charge is -2.18. The van der Waals surface area contributed by atoms with Crippen molar-refractivity contribution in [1.82, 2.24) is 19.9 Å². The van der Waals surface area contributed by atoms with Gasteiger partial charge in [0.15, 0.2) is 0 Å². The van der Waals surface area contributed by atoms with Gasteiger partial charge in [-0.2, -0.15) is 0 Å². The quantitative estimate of drug-likeness (QED) is 0.805. The van der Waals surface area contributed by atoms with Gasteiger partial charge in [-0.3, -0.25) is 9.48 Å². The van der Waals surface area contributed by atoms with Gasteiger partial charge in [-0.1, -0.05) is 5.21 Å². The van der Waals surface area contributed by atoms with Crippen LogP contribution in [0.5, 0.6) is 0 Å². The maximum atomic E-state index is 11.8. The number of carbonyl (C=O) groups is 1. The second-order valence-electron chi connectivity index (χ2n) is 5.10. The van der Waals surface area contributed by atoms with Gasteiger partial charge in [-0.05, 0) is 34.1 Å². The van der Waals surface area contributed by atoms with E-state index in [4.69, 9.17) is 0 Å². The third kappa shape index (κ3) is 4.63. The maximum absolute atomic E-state index is 11.8. The number of aliphatic hydroxyl groups is 1. The zero-order valence-corrected chi connectivity index (χ0v) is 12.3. The van der Waals surface area contributed by atoms with Crippen LogP contribution in [-0.4, -0.2) is 44.0 Å². The summed E-state index contributed by atoms with van der Waals surface area (Å²) in [7, 11) is 0. The van der Waals surface area contributed by atoms with Crippen molar-refractivity contribution >= 4 is 5.91 Å². The average molecular weight is 268 g/mol. The first-order chi connectivity index (χ1) is 8.88. The van der Waals surface area contributed by atoms with Crippen molar-refractivity contribution in [2.45, 2.75) is 52.7 Å². The summed E-state index contributed by atoms with van der Waals surface area (Å²) in [5.41, 5.74) is -0.433. The SMILES string of the molecule is CCN(CC)C(=O)CCCn1cc(C(C)(C)O)nn1. The Labute approximate surface area is 114 Å². The largest absolute Gasteiger partial charge is 0.384 e. The van der Waals surface area contributed by atoms with E-state index in [0.29, 0.717) is 18.7 Å². The molecule has 6 heteroatoms. The fraction of sp³-hybridized carbons (Fsp3) is 0.769. The number of amides is 1. The minimum Gasteiger partial charge on any atom is -0.384 e. The smallest absolute Gasteiger partial charge is 0.222 e. The Morgan fingerprint density at radius 2 is 2.05 bits per heavy atom. The number of nitrogens with zero attached hydrogens (tertiary/aromatic N) is 4. The summed E-state index contributed by atoms with van der Waals surface area (Å²) >= 11 is 0. The molecule has 0 fully saturated rings. The molecule has 0 atom stereocenters. The van der Waals surface area contributed by atoms with Crippen LogP contribution >= 0.6 is 0 Å². The number of aromatic nitrogens is 3. The molecule has 1 amide bonds. The fourth-order valence-electron chi connectivity index (χ4n) is 1.81. The summed E-state index contributed by atoms with van der Waals surface area (Å²) in [6.07, 6.45) is 2.96. The molecule has 0 unspecified atom stereocenters. The number of aryl methyl sites for hydroxylation is 1. The standard InChI is InChI=1S/C13H24N4O2/c1-5-16(6-2)12(18)8-7-9-17-10-11(14-15-17)13(3,4)19/h10,19H,5-9H2,1-4H3. The molecule has 0 saturated heterocycles. The van der Waals surface area contributed by atoms with Crippen molar-refractivity contribution in [2.75, 3.05) is 13.1 Å². The zero-order valence-electron chi connectivity index (χ0n) is 12.3. The molecule has 1 N–H and O–H groups in total. The Hall–Kier alpha value is -1.43. The van der Waals surface area contributed by atoms with Crippen LogP contribution < -0.4 is 0 Å². The van der Waals surface area contributed by atoms with Gasteiger partial charge in [-0.25, -0.2) is 0 Å². The molecule has 0 aromatic carbocycles. The molecule has 108 valence electrons. The van der Waals surface area contributed by atoms with Crippen LogP contribution in [0.15, 0.2) is 6.20 Å². The summed E-state index contributed by atoms with van der Waals surface area (Å²) < 4.78 is 1.67. The number of rotatable bonds is 7. The molecule has 1 aromatic rings. The van der Waals surface area contributed by atoms with Crippen molar-refractivity contribution in [2.24, 2.45) is 0 Å². The molecule has 0 aliphatic carbocycles. The molecule has 1 aromatic heterocycles. The topological polar surface area (TPSA) is 71.2 Å². The molecule has 19 heavy (non-hydrogen) atoms. The predicted molar refractivity (Wildman–Crippen MR) is 72.4 cm³/mol. The second-order valence-corrected chi connectivity index (χ2v) is 5.10. The monoisotopic (exact) mass is 268 g/mol. The van der Waals surface area contributed by atoms with Crippen molar-refractivity contribution in [3.05, 3.63) is 11.9 Å². The van der Waals surface area contributed by atoms with Crippen molar-refractivity contribution < 1.29 is 9.90 Å². The molecular weight excluding hydrogens is 244 g/mol. The highest BCUT2D eigenvalue weighted by molar-refractivity contribution is 5.75. The van der Waals surface area contributed by atoms with Crippen LogP contribution in [0.3, 0.4) is 0 Å². The lowest BCUT2D eigenvalue weighted by atomic mass is 10.1. The first kappa shape index (κ1) is 15.6. The highest BCUT2D eigenvalue weighted by atomic mass is 16.3. The molecule has 1 heterocycles. The van der Waals surface area contributed by atoms with Gasteiger partial charge >= 0.3 is 0 Å². The molecule has 0 aliphatic heterocycles. The Kier molecular flexibility index (Phi) is 5.47. The lowest BCUT2D eigenvalue weighted by molar-refractivity contribution is -0.130. The van der Waals surface area contributed by atoms with Gasteiger partial charge in [0.1, 0.15) is 11.3 Å². The fourth-order valence-corrected chi connectivity index (χ4v) is 1.81. The molecular formula is C13H24N4O2. The molecule has 6 nitrogen and oxygen atoms in total. The number of hydrogen-bond donors (Lipinski definition) is 1. The van der Waals surface area contributed by atoms with Crippen molar-refractivity contribution in [1.29, 1.82) is 0 Å². The molecule has 1 rings (SSSR count). The van der Waals surface area contributed by atoms with Gasteiger partial charge in [0.25, 0.3) is 0 Å². The van der Waals surface area contributed by atoms with Crippen LogP contribution in [0, 0.1) is 0 Å². The third-order valence-corrected chi connectivity index (χ3v) is 3.06. The normalized spacial score (nSPS) is 11.6. The van der Waals surface area contributed by atoms with Gasteiger partial charge in [-0.15, -0.1) is 5.10 Å². The second kappa shape index (κ2) is 6.65. The number of hydrogen-bond acceptors (Lipinski definition) is 4. The number of carbonyl (C=O) groups excluding carboxylic acids is 1. The minimum atomic E-state index is -0.977. The Morgan fingerprint density at radius 3 is 2.53 bits per heavy atom. The Balaban J connectivity index is 2.41. The van der Waals surface area contributed by atoms with Gasteiger partial charge in [0.05, 0.1) is 6.20 Å². The van der Waals surface area contributed by atoms with E-state index in [2.05, 4.69) is 10.3 Å². The maximum Gasteiger partial charge on any atom is 0.222 e. The minimum absolute atomic E-state index is 0.174. The van der Waals surface area contributed by atoms with Crippen LogP contribution in [0.2, 0.25) is 0 Å². The van der Waals surface area contributed by atoms with E-state index >= 15 is 0 Å². The van der Waals surface area contributed by atoms with Gasteiger partial charge < -0.3 is 10.0 Å². The van der Waals surface area contributed by atoms with E-state index in [1.54, 1.807) is 24.7 Å². The first-order valence-electron chi connectivity index (χ1n) is 6.79. The van der Waals surface area contributed by atoms with E-state index in [9.17, 15) is 9.90 Å². The van der Waals surface area contributed by atoms with Crippen LogP contribution in [0.4, 0.5) is 0 Å². The highest BCUT2D eigenvalue weighted by Gasteiger charge is 2.20. The Morgan fingerprint density at radius 1 is 1.42 bits per heavy atom. The van der Waals surface area contributed by atoms with Crippen LogP contribution in [-0.2, 0) is 16.9 Å². The van der Waals surface area contributed by atoms with Crippen molar-refractivity contribution in [3.8, 4) is 0 Å². The molecule has 0 bridgehead atoms. The van der Waals surface area contributed by atoms with E-state index < -0.39 is 5.60 Å². The van der Waals surface area contributed by atoms with Gasteiger partial charge in [0, 0.05) is 26.1 Å². The first-order valence-corrected chi connectivity index (χ1v) is 6.79. The molecule has 0 aliphatic rings. The van der Waals surface area contributed by atoms with Crippen LogP contribution in [0.25, 0.3) is 0 Å². The average Bonchev–Trinajstić information content (AvgIpc) is 2.79. The summed E-state index contributed by atoms with van der Waals surface area (Å²) in [5, 5.41) is 17.6. The third-order valence-electron chi connectivity index (χ3n) is 3.06. The Bertz CT molecular complexity index is 405. The van der Waals surface area contributed by atoms with Crippen molar-refractivity contribution in [3.63, 3.8) is 0 Å². The summed E-state index contributed by atoms with van der Waals surface area (Å²) in [5.74, 6) is 0.174. The molecule has 0 saturated carbocycles. The summed E-state index contributed by atoms with van der Waals surface area (Å²) in [6.45, 7) is 9.44. The molecule has 0 radical (unpaired) electrons. The molecule has 0 spiro atoms. The van der Waals surface area contributed by atoms with E-state index in [-0.39, 0.29) is 5.91 Å². The van der Waals surface area contributed by atoms with Gasteiger partial charge in [0.2, 0.25) is 5.91 Å². The van der Waals surface area contributed by atoms with E-state index in [1.807, 2.05) is 18.7 Å². The lowest BCUT2D eigenvalue weighted by Crippen LogP contribution is -2.30. The highest BCUT2D eigenvalue weighted by Crippen LogP contribution is 2.15. The summed E-state index contributed by atoms with van der Waals surface area (Å²) in [4.78, 5) is 13.6. The van der Waals surface area contributed by atoms with E-state index in [0.717, 1.165) is 19.5 Å². The predicted octanol–water partition coefficient (Wildman–Crippen LogP) is 1.15. The zero-order chi connectivity index (χ0) is 14.5. The van der Waals surface area contributed by atoms with Crippen LogP contribution in [0.1, 0.15) is 46.2 Å².